The molecule has 74 valence electrons. The Kier molecular flexibility index (Phi) is 3.48. The van der Waals surface area contributed by atoms with Crippen LogP contribution < -0.4 is 5.32 Å². The van der Waals surface area contributed by atoms with Crippen molar-refractivity contribution in [1.82, 2.24) is 15.5 Å². The number of nitrogens with one attached hydrogen (secondary N) is 2. The Labute approximate surface area is 79.9 Å². The number of aromatic nitrogens is 2. The normalized spacial score (nSPS) is 13.6. The van der Waals surface area contributed by atoms with Crippen molar-refractivity contribution in [1.29, 1.82) is 0 Å². The predicted molar refractivity (Wildman–Crippen MR) is 54.9 cm³/mol. The highest BCUT2D eigenvalue weighted by Crippen LogP contribution is 2.17. The first kappa shape index (κ1) is 10.3. The molecule has 1 aromatic rings. The van der Waals surface area contributed by atoms with E-state index in [0.29, 0.717) is 12.0 Å². The monoisotopic (exact) mass is 181 g/mol. The fraction of sp³-hybridized carbons (Fsp3) is 0.700. The Bertz CT molecular complexity index is 252. The maximum absolute atomic E-state index is 4.08. The zero-order valence-corrected chi connectivity index (χ0v) is 8.89. The highest BCUT2D eigenvalue weighted by molar-refractivity contribution is 5.20. The van der Waals surface area contributed by atoms with Gasteiger partial charge in [0, 0.05) is 11.7 Å². The van der Waals surface area contributed by atoms with Crippen LogP contribution in [0.2, 0.25) is 0 Å². The van der Waals surface area contributed by atoms with Crippen molar-refractivity contribution in [3.63, 3.8) is 0 Å². The van der Waals surface area contributed by atoms with E-state index in [9.17, 15) is 0 Å². The Balaban J connectivity index is 2.70. The minimum Gasteiger partial charge on any atom is -0.317 e. The summed E-state index contributed by atoms with van der Waals surface area (Å²) < 4.78 is 0. The van der Waals surface area contributed by atoms with Crippen molar-refractivity contribution in [2.45, 2.75) is 39.2 Å². The van der Waals surface area contributed by atoms with E-state index < -0.39 is 0 Å². The van der Waals surface area contributed by atoms with Crippen molar-refractivity contribution < 1.29 is 0 Å². The molecule has 0 bridgehead atoms. The van der Waals surface area contributed by atoms with Crippen molar-refractivity contribution in [3.05, 3.63) is 17.5 Å². The fourth-order valence-corrected chi connectivity index (χ4v) is 1.42. The molecule has 3 heteroatoms. The van der Waals surface area contributed by atoms with Gasteiger partial charge in [-0.1, -0.05) is 13.8 Å². The Morgan fingerprint density at radius 1 is 1.46 bits per heavy atom. The third-order valence-corrected chi connectivity index (χ3v) is 2.35. The number of aromatic amines is 1. The average molecular weight is 181 g/mol. The molecule has 1 heterocycles. The van der Waals surface area contributed by atoms with E-state index in [1.807, 2.05) is 13.2 Å². The summed E-state index contributed by atoms with van der Waals surface area (Å²) in [4.78, 5) is 0. The van der Waals surface area contributed by atoms with E-state index in [4.69, 9.17) is 0 Å². The SMILES string of the molecule is CNC(C)Cc1cn[nH]c1C(C)C. The van der Waals surface area contributed by atoms with Crippen LogP contribution in [0.25, 0.3) is 0 Å². The van der Waals surface area contributed by atoms with Crippen LogP contribution in [-0.4, -0.2) is 23.3 Å². The van der Waals surface area contributed by atoms with Crippen LogP contribution in [-0.2, 0) is 6.42 Å². The molecule has 0 aliphatic heterocycles. The molecule has 0 fully saturated rings. The lowest BCUT2D eigenvalue weighted by molar-refractivity contribution is 0.603. The quantitative estimate of drug-likeness (QED) is 0.742. The lowest BCUT2D eigenvalue weighted by Gasteiger charge is -2.11. The molecule has 0 saturated heterocycles. The summed E-state index contributed by atoms with van der Waals surface area (Å²) in [5.74, 6) is 0.529. The lowest BCUT2D eigenvalue weighted by Crippen LogP contribution is -2.23. The van der Waals surface area contributed by atoms with E-state index in [2.05, 4.69) is 36.3 Å². The number of nitrogens with zero attached hydrogens (tertiary/aromatic N) is 1. The van der Waals surface area contributed by atoms with Gasteiger partial charge in [-0.25, -0.2) is 0 Å². The van der Waals surface area contributed by atoms with Gasteiger partial charge in [0.1, 0.15) is 0 Å². The summed E-state index contributed by atoms with van der Waals surface area (Å²) in [6.45, 7) is 6.54. The van der Waals surface area contributed by atoms with Gasteiger partial charge in [0.2, 0.25) is 0 Å². The van der Waals surface area contributed by atoms with E-state index in [1.54, 1.807) is 0 Å². The van der Waals surface area contributed by atoms with E-state index in [-0.39, 0.29) is 0 Å². The van der Waals surface area contributed by atoms with Gasteiger partial charge >= 0.3 is 0 Å². The summed E-state index contributed by atoms with van der Waals surface area (Å²) in [6, 6.07) is 0.509. The molecule has 0 spiro atoms. The average Bonchev–Trinajstić information content (AvgIpc) is 2.52. The minimum atomic E-state index is 0.509. The van der Waals surface area contributed by atoms with Gasteiger partial charge in [-0.05, 0) is 31.9 Å². The van der Waals surface area contributed by atoms with Crippen molar-refractivity contribution in [3.8, 4) is 0 Å². The van der Waals surface area contributed by atoms with Crippen molar-refractivity contribution >= 4 is 0 Å². The van der Waals surface area contributed by atoms with Crippen LogP contribution in [0.15, 0.2) is 6.20 Å². The molecule has 0 aliphatic carbocycles. The molecule has 13 heavy (non-hydrogen) atoms. The first-order chi connectivity index (χ1) is 6.15. The largest absolute Gasteiger partial charge is 0.317 e. The van der Waals surface area contributed by atoms with Gasteiger partial charge in [0.15, 0.2) is 0 Å². The van der Waals surface area contributed by atoms with Gasteiger partial charge in [0.25, 0.3) is 0 Å². The maximum atomic E-state index is 4.08. The molecule has 0 saturated carbocycles. The summed E-state index contributed by atoms with van der Waals surface area (Å²) in [5, 5.41) is 10.4. The van der Waals surface area contributed by atoms with Crippen LogP contribution in [0, 0.1) is 0 Å². The molecule has 0 amide bonds. The van der Waals surface area contributed by atoms with Crippen LogP contribution in [0.3, 0.4) is 0 Å². The second-order valence-electron chi connectivity index (χ2n) is 3.86. The molecule has 2 N–H and O–H groups in total. The molecular weight excluding hydrogens is 162 g/mol. The lowest BCUT2D eigenvalue weighted by atomic mass is 10.0. The van der Waals surface area contributed by atoms with Gasteiger partial charge in [-0.15, -0.1) is 0 Å². The van der Waals surface area contributed by atoms with Crippen LogP contribution >= 0.6 is 0 Å². The van der Waals surface area contributed by atoms with Gasteiger partial charge in [-0.3, -0.25) is 5.10 Å². The smallest absolute Gasteiger partial charge is 0.0522 e. The number of likely N-dealkylation sites (N-methyl/N-ethyl adjacent to an activating group) is 1. The van der Waals surface area contributed by atoms with Gasteiger partial charge < -0.3 is 5.32 Å². The van der Waals surface area contributed by atoms with Crippen LogP contribution in [0.4, 0.5) is 0 Å². The summed E-state index contributed by atoms with van der Waals surface area (Å²) in [5.41, 5.74) is 2.60. The number of H-pyrrole nitrogens is 1. The molecule has 0 radical (unpaired) electrons. The van der Waals surface area contributed by atoms with Gasteiger partial charge in [-0.2, -0.15) is 5.10 Å². The number of hydrogen-bond acceptors (Lipinski definition) is 2. The third-order valence-electron chi connectivity index (χ3n) is 2.35. The molecule has 1 unspecified atom stereocenters. The molecule has 0 aromatic carbocycles. The molecular formula is C10H19N3. The van der Waals surface area contributed by atoms with Crippen molar-refractivity contribution in [2.75, 3.05) is 7.05 Å². The standard InChI is InChI=1S/C10H19N3/c1-7(2)10-9(6-12-13-10)5-8(3)11-4/h6-8,11H,5H2,1-4H3,(H,12,13). The second kappa shape index (κ2) is 4.42. The zero-order chi connectivity index (χ0) is 9.84. The zero-order valence-electron chi connectivity index (χ0n) is 8.89. The molecule has 1 rings (SSSR count). The van der Waals surface area contributed by atoms with Crippen LogP contribution in [0.5, 0.6) is 0 Å². The topological polar surface area (TPSA) is 40.7 Å². The molecule has 1 atom stereocenters. The van der Waals surface area contributed by atoms with Gasteiger partial charge in [0.05, 0.1) is 6.20 Å². The fourth-order valence-electron chi connectivity index (χ4n) is 1.42. The van der Waals surface area contributed by atoms with E-state index in [0.717, 1.165) is 6.42 Å². The Morgan fingerprint density at radius 2 is 2.15 bits per heavy atom. The summed E-state index contributed by atoms with van der Waals surface area (Å²) >= 11 is 0. The predicted octanol–water partition coefficient (Wildman–Crippen LogP) is 1.68. The molecule has 3 nitrogen and oxygen atoms in total. The van der Waals surface area contributed by atoms with Crippen LogP contribution in [0.1, 0.15) is 37.9 Å². The Morgan fingerprint density at radius 3 is 2.69 bits per heavy atom. The summed E-state index contributed by atoms with van der Waals surface area (Å²) in [6.07, 6.45) is 2.98. The Hall–Kier alpha value is -0.830. The number of rotatable bonds is 4. The first-order valence-corrected chi connectivity index (χ1v) is 4.84. The molecule has 1 aromatic heterocycles. The first-order valence-electron chi connectivity index (χ1n) is 4.84. The maximum Gasteiger partial charge on any atom is 0.0522 e. The van der Waals surface area contributed by atoms with Crippen molar-refractivity contribution in [2.24, 2.45) is 0 Å². The van der Waals surface area contributed by atoms with E-state index >= 15 is 0 Å². The van der Waals surface area contributed by atoms with E-state index in [1.165, 1.54) is 11.3 Å². The molecule has 0 aliphatic rings. The summed E-state index contributed by atoms with van der Waals surface area (Å²) in [7, 11) is 1.99. The second-order valence-corrected chi connectivity index (χ2v) is 3.86. The number of hydrogen-bond donors (Lipinski definition) is 2. The highest BCUT2D eigenvalue weighted by Gasteiger charge is 2.10. The third kappa shape index (κ3) is 2.56. The highest BCUT2D eigenvalue weighted by atomic mass is 15.1. The minimum absolute atomic E-state index is 0.509.